The molecule has 0 radical (unpaired) electrons. The van der Waals surface area contributed by atoms with Gasteiger partial charge in [0.15, 0.2) is 0 Å². The molecule has 1 aromatic rings. The molecule has 0 aromatic heterocycles. The molecule has 0 heterocycles. The molecule has 0 aliphatic carbocycles. The minimum absolute atomic E-state index is 0.137. The summed E-state index contributed by atoms with van der Waals surface area (Å²) in [5.41, 5.74) is -2.51. The van der Waals surface area contributed by atoms with E-state index in [-0.39, 0.29) is 6.07 Å². The van der Waals surface area contributed by atoms with Gasteiger partial charge in [-0.3, -0.25) is 10.1 Å². The van der Waals surface area contributed by atoms with E-state index in [0.29, 0.717) is 12.1 Å². The Kier molecular flexibility index (Phi) is 4.63. The molecule has 0 fully saturated rings. The topological polar surface area (TPSA) is 116 Å². The number of hydrogen-bond donors (Lipinski definition) is 1. The highest BCUT2D eigenvalue weighted by atomic mass is 35.7. The third-order valence-electron chi connectivity index (χ3n) is 1.89. The molecule has 0 aliphatic rings. The zero-order valence-electron chi connectivity index (χ0n) is 9.55. The van der Waals surface area contributed by atoms with Crippen molar-refractivity contribution >= 4 is 31.7 Å². The van der Waals surface area contributed by atoms with E-state index in [1.807, 2.05) is 0 Å². The van der Waals surface area contributed by atoms with Crippen molar-refractivity contribution in [1.82, 2.24) is 4.72 Å². The number of alkyl halides is 3. The summed E-state index contributed by atoms with van der Waals surface area (Å²) >= 11 is 0. The van der Waals surface area contributed by atoms with Gasteiger partial charge < -0.3 is 4.74 Å². The van der Waals surface area contributed by atoms with E-state index in [0.717, 1.165) is 4.72 Å². The van der Waals surface area contributed by atoms with Gasteiger partial charge in [0, 0.05) is 16.7 Å². The monoisotopic (exact) mass is 348 g/mol. The maximum atomic E-state index is 12.4. The number of halogens is 4. The Morgan fingerprint density at radius 2 is 1.95 bits per heavy atom. The van der Waals surface area contributed by atoms with Crippen molar-refractivity contribution in [2.24, 2.45) is 0 Å². The van der Waals surface area contributed by atoms with Crippen LogP contribution in [0.25, 0.3) is 0 Å². The van der Waals surface area contributed by atoms with E-state index in [1.54, 1.807) is 0 Å². The van der Waals surface area contributed by atoms with Crippen molar-refractivity contribution in [3.63, 3.8) is 0 Å². The van der Waals surface area contributed by atoms with Gasteiger partial charge in [0.05, 0.1) is 10.5 Å². The van der Waals surface area contributed by atoms with Crippen LogP contribution in [0.2, 0.25) is 0 Å². The number of carbonyl (C=O) groups is 1. The van der Waals surface area contributed by atoms with Crippen LogP contribution in [0.1, 0.15) is 5.56 Å². The van der Waals surface area contributed by atoms with Crippen LogP contribution in [0, 0.1) is 10.1 Å². The van der Waals surface area contributed by atoms with Crippen LogP contribution in [0.3, 0.4) is 0 Å². The molecule has 1 rings (SSSR count). The summed E-state index contributed by atoms with van der Waals surface area (Å²) in [5.74, 6) is -0.884. The van der Waals surface area contributed by atoms with Crippen molar-refractivity contribution in [3.05, 3.63) is 33.9 Å². The number of benzene rings is 1. The van der Waals surface area contributed by atoms with E-state index in [1.165, 1.54) is 0 Å². The number of amides is 1. The van der Waals surface area contributed by atoms with Crippen molar-refractivity contribution in [3.8, 4) is 5.75 Å². The fourth-order valence-electron chi connectivity index (χ4n) is 1.14. The zero-order chi connectivity index (χ0) is 16.4. The summed E-state index contributed by atoms with van der Waals surface area (Å²) in [6.45, 7) is 0. The number of carbonyl (C=O) groups excluding carboxylic acids is 1. The van der Waals surface area contributed by atoms with Gasteiger partial charge in [-0.1, -0.05) is 0 Å². The number of hydrogen-bond acceptors (Lipinski definition) is 6. The van der Waals surface area contributed by atoms with E-state index < -0.39 is 43.4 Å². The standard InChI is InChI=1S/C8H4ClF3N2O6S/c9-21(18,19)13-7(15)20-6-2-1-4(8(10,11)12)3-5(6)14(16)17/h1-3H,(H,13,15). The molecule has 21 heavy (non-hydrogen) atoms. The normalized spacial score (nSPS) is 11.8. The highest BCUT2D eigenvalue weighted by Gasteiger charge is 2.33. The third kappa shape index (κ3) is 5.07. The van der Waals surface area contributed by atoms with Gasteiger partial charge >= 0.3 is 27.2 Å². The van der Waals surface area contributed by atoms with Crippen LogP contribution in [0.15, 0.2) is 18.2 Å². The molecule has 0 spiro atoms. The molecule has 13 heteroatoms. The number of nitrogens with zero attached hydrogens (tertiary/aromatic N) is 1. The predicted molar refractivity (Wildman–Crippen MR) is 62.0 cm³/mol. The summed E-state index contributed by atoms with van der Waals surface area (Å²) in [6.07, 6.45) is -6.56. The number of nitro benzene ring substituents is 1. The first-order valence-corrected chi connectivity index (χ1v) is 7.01. The minimum Gasteiger partial charge on any atom is -0.402 e. The van der Waals surface area contributed by atoms with Crippen molar-refractivity contribution in [1.29, 1.82) is 0 Å². The summed E-state index contributed by atoms with van der Waals surface area (Å²) in [6, 6.07) is 1.06. The van der Waals surface area contributed by atoms with Crippen LogP contribution >= 0.6 is 10.7 Å². The first-order chi connectivity index (χ1) is 9.40. The first kappa shape index (κ1) is 17.0. The number of rotatable bonds is 3. The second-order valence-electron chi connectivity index (χ2n) is 3.37. The Bertz CT molecular complexity index is 690. The minimum atomic E-state index is -4.84. The second kappa shape index (κ2) is 5.73. The predicted octanol–water partition coefficient (Wildman–Crippen LogP) is 2.19. The first-order valence-electron chi connectivity index (χ1n) is 4.70. The number of ether oxygens (including phenoxy) is 1. The molecule has 0 saturated heterocycles. The molecule has 116 valence electrons. The van der Waals surface area contributed by atoms with E-state index in [9.17, 15) is 36.5 Å². The third-order valence-corrected chi connectivity index (χ3v) is 2.53. The maximum Gasteiger partial charge on any atom is 0.427 e. The van der Waals surface area contributed by atoms with Gasteiger partial charge in [0.25, 0.3) is 0 Å². The summed E-state index contributed by atoms with van der Waals surface area (Å²) in [4.78, 5) is 20.5. The number of nitrogens with one attached hydrogen (secondary N) is 1. The second-order valence-corrected chi connectivity index (χ2v) is 5.67. The van der Waals surface area contributed by atoms with Crippen LogP contribution in [0.5, 0.6) is 5.75 Å². The quantitative estimate of drug-likeness (QED) is 0.508. The van der Waals surface area contributed by atoms with Crippen LogP contribution < -0.4 is 9.46 Å². The SMILES string of the molecule is O=C(NS(=O)(=O)Cl)Oc1ccc(C(F)(F)F)cc1[N+](=O)[O-]. The van der Waals surface area contributed by atoms with Gasteiger partial charge in [-0.15, -0.1) is 0 Å². The van der Waals surface area contributed by atoms with E-state index in [2.05, 4.69) is 15.4 Å². The summed E-state index contributed by atoms with van der Waals surface area (Å²) < 4.78 is 63.6. The average Bonchev–Trinajstić information content (AvgIpc) is 2.24. The van der Waals surface area contributed by atoms with Crippen molar-refractivity contribution < 1.29 is 36.0 Å². The highest BCUT2D eigenvalue weighted by molar-refractivity contribution is 8.12. The molecule has 1 amide bonds. The van der Waals surface area contributed by atoms with Crippen LogP contribution in [-0.2, 0) is 15.4 Å². The van der Waals surface area contributed by atoms with E-state index in [4.69, 9.17) is 0 Å². The molecule has 1 aromatic carbocycles. The maximum absolute atomic E-state index is 12.4. The Morgan fingerprint density at radius 3 is 2.38 bits per heavy atom. The average molecular weight is 349 g/mol. The smallest absolute Gasteiger partial charge is 0.402 e. The van der Waals surface area contributed by atoms with Crippen molar-refractivity contribution in [2.75, 3.05) is 0 Å². The molecule has 0 aliphatic heterocycles. The Hall–Kier alpha value is -2.08. The highest BCUT2D eigenvalue weighted by Crippen LogP contribution is 2.36. The fourth-order valence-corrected chi connectivity index (χ4v) is 1.57. The lowest BCUT2D eigenvalue weighted by atomic mass is 10.2. The summed E-state index contributed by atoms with van der Waals surface area (Å²) in [5, 5.41) is 10.6. The summed E-state index contributed by atoms with van der Waals surface area (Å²) in [7, 11) is 0.149. The lowest BCUT2D eigenvalue weighted by Crippen LogP contribution is -2.29. The Morgan fingerprint density at radius 1 is 1.38 bits per heavy atom. The molecule has 0 saturated carbocycles. The van der Waals surface area contributed by atoms with Gasteiger partial charge in [0.2, 0.25) is 5.75 Å². The van der Waals surface area contributed by atoms with Gasteiger partial charge in [-0.05, 0) is 12.1 Å². The molecular formula is C8H4ClF3N2O6S. The van der Waals surface area contributed by atoms with Gasteiger partial charge in [0.1, 0.15) is 0 Å². The van der Waals surface area contributed by atoms with Gasteiger partial charge in [-0.2, -0.15) is 21.6 Å². The molecule has 0 atom stereocenters. The molecule has 1 N–H and O–H groups in total. The van der Waals surface area contributed by atoms with Crippen molar-refractivity contribution in [2.45, 2.75) is 6.18 Å². The molecule has 0 unspecified atom stereocenters. The molecular weight excluding hydrogens is 345 g/mol. The lowest BCUT2D eigenvalue weighted by molar-refractivity contribution is -0.385. The van der Waals surface area contributed by atoms with Crippen LogP contribution in [-0.4, -0.2) is 19.4 Å². The van der Waals surface area contributed by atoms with Gasteiger partial charge in [-0.25, -0.2) is 9.52 Å². The fraction of sp³-hybridized carbons (Fsp3) is 0.125. The van der Waals surface area contributed by atoms with Crippen LogP contribution in [0.4, 0.5) is 23.7 Å². The molecule has 0 bridgehead atoms. The molecule has 8 nitrogen and oxygen atoms in total. The zero-order valence-corrected chi connectivity index (χ0v) is 11.1. The Labute approximate surface area is 119 Å². The van der Waals surface area contributed by atoms with E-state index >= 15 is 0 Å². The number of nitro groups is 1. The lowest BCUT2D eigenvalue weighted by Gasteiger charge is -2.09. The largest absolute Gasteiger partial charge is 0.427 e. The Balaban J connectivity index is 3.14.